The van der Waals surface area contributed by atoms with Crippen molar-refractivity contribution in [2.24, 2.45) is 0 Å². The van der Waals surface area contributed by atoms with Gasteiger partial charge in [0.05, 0.1) is 0 Å². The lowest BCUT2D eigenvalue weighted by Gasteiger charge is -2.34. The molecule has 1 fully saturated rings. The van der Waals surface area contributed by atoms with Crippen LogP contribution in [0.4, 0.5) is 9.52 Å². The molecule has 2 aromatic rings. The van der Waals surface area contributed by atoms with E-state index in [0.29, 0.717) is 22.3 Å². The smallest absolute Gasteiger partial charge is 0.180 e. The van der Waals surface area contributed by atoms with Gasteiger partial charge in [-0.15, -0.1) is 23.7 Å². The van der Waals surface area contributed by atoms with E-state index in [9.17, 15) is 4.39 Å². The van der Waals surface area contributed by atoms with E-state index in [-0.39, 0.29) is 18.2 Å². The first-order chi connectivity index (χ1) is 10.6. The fourth-order valence-corrected chi connectivity index (χ4v) is 3.58. The molecule has 0 bridgehead atoms. The Bertz CT molecular complexity index is 624. The minimum atomic E-state index is -0.227. The van der Waals surface area contributed by atoms with Crippen molar-refractivity contribution in [1.82, 2.24) is 14.8 Å². The van der Waals surface area contributed by atoms with Crippen molar-refractivity contribution in [3.05, 3.63) is 45.7 Å². The topological polar surface area (TPSA) is 45.4 Å². The quantitative estimate of drug-likeness (QED) is 0.889. The highest BCUT2D eigenvalue weighted by molar-refractivity contribution is 7.15. The van der Waals surface area contributed by atoms with Gasteiger partial charge < -0.3 is 5.73 Å². The van der Waals surface area contributed by atoms with Gasteiger partial charge in [0.2, 0.25) is 0 Å². The number of piperazine rings is 1. The SMILES string of the molecule is Cl.Nc1ncc(CN2CCN(Cc3c(F)cccc3Cl)CC2)s1. The second-order valence-electron chi connectivity index (χ2n) is 5.42. The summed E-state index contributed by atoms with van der Waals surface area (Å²) < 4.78 is 13.8. The third kappa shape index (κ3) is 4.78. The van der Waals surface area contributed by atoms with Crippen LogP contribution in [-0.2, 0) is 13.1 Å². The van der Waals surface area contributed by atoms with Gasteiger partial charge in [0.15, 0.2) is 5.13 Å². The van der Waals surface area contributed by atoms with Crippen LogP contribution in [0.25, 0.3) is 0 Å². The number of benzene rings is 1. The highest BCUT2D eigenvalue weighted by Gasteiger charge is 2.19. The number of aromatic nitrogens is 1. The molecule has 0 radical (unpaired) electrons. The number of nitrogens with two attached hydrogens (primary N) is 1. The van der Waals surface area contributed by atoms with Gasteiger partial charge in [-0.1, -0.05) is 17.7 Å². The third-order valence-corrected chi connectivity index (χ3v) is 5.02. The van der Waals surface area contributed by atoms with Crippen LogP contribution in [0.5, 0.6) is 0 Å². The summed E-state index contributed by atoms with van der Waals surface area (Å²) >= 11 is 7.63. The number of halogens is 3. The molecule has 8 heteroatoms. The van der Waals surface area contributed by atoms with Crippen molar-refractivity contribution >= 4 is 40.5 Å². The first-order valence-electron chi connectivity index (χ1n) is 7.19. The average Bonchev–Trinajstić information content (AvgIpc) is 2.90. The summed E-state index contributed by atoms with van der Waals surface area (Å²) in [6.45, 7) is 5.14. The Morgan fingerprint density at radius 3 is 2.39 bits per heavy atom. The molecule has 1 aromatic heterocycles. The number of thiazole rings is 1. The highest BCUT2D eigenvalue weighted by Crippen LogP contribution is 2.22. The fourth-order valence-electron chi connectivity index (χ4n) is 2.63. The Morgan fingerprint density at radius 2 is 1.83 bits per heavy atom. The molecule has 1 saturated heterocycles. The molecule has 0 atom stereocenters. The summed E-state index contributed by atoms with van der Waals surface area (Å²) in [6, 6.07) is 4.84. The zero-order valence-electron chi connectivity index (χ0n) is 12.5. The highest BCUT2D eigenvalue weighted by atomic mass is 35.5. The molecule has 3 rings (SSSR count). The molecule has 126 valence electrons. The maximum atomic E-state index is 13.8. The van der Waals surface area contributed by atoms with Gasteiger partial charge in [0.1, 0.15) is 5.82 Å². The Labute approximate surface area is 150 Å². The molecular weight excluding hydrogens is 358 g/mol. The third-order valence-electron chi connectivity index (χ3n) is 3.86. The molecule has 2 heterocycles. The van der Waals surface area contributed by atoms with Gasteiger partial charge in [-0.05, 0) is 12.1 Å². The largest absolute Gasteiger partial charge is 0.375 e. The van der Waals surface area contributed by atoms with Crippen molar-refractivity contribution in [2.75, 3.05) is 31.9 Å². The Morgan fingerprint density at radius 1 is 1.17 bits per heavy atom. The maximum Gasteiger partial charge on any atom is 0.180 e. The summed E-state index contributed by atoms with van der Waals surface area (Å²) in [5, 5.41) is 1.12. The standard InChI is InChI=1S/C15H18ClFN4S.ClH/c16-13-2-1-3-14(17)12(13)10-21-6-4-20(5-7-21)9-11-8-19-15(18)22-11;/h1-3,8H,4-7,9-10H2,(H2,18,19);1H. The summed E-state index contributed by atoms with van der Waals surface area (Å²) in [5.41, 5.74) is 6.24. The lowest BCUT2D eigenvalue weighted by Crippen LogP contribution is -2.45. The van der Waals surface area contributed by atoms with Crippen LogP contribution in [0.15, 0.2) is 24.4 Å². The van der Waals surface area contributed by atoms with Gasteiger partial charge in [-0.2, -0.15) is 0 Å². The number of nitrogen functional groups attached to an aromatic ring is 1. The zero-order valence-corrected chi connectivity index (χ0v) is 14.9. The predicted molar refractivity (Wildman–Crippen MR) is 95.7 cm³/mol. The van der Waals surface area contributed by atoms with Gasteiger partial charge in [0.25, 0.3) is 0 Å². The number of hydrogen-bond donors (Lipinski definition) is 1. The van der Waals surface area contributed by atoms with E-state index in [1.807, 2.05) is 6.20 Å². The van der Waals surface area contributed by atoms with E-state index in [2.05, 4.69) is 14.8 Å². The van der Waals surface area contributed by atoms with E-state index < -0.39 is 0 Å². The fraction of sp³-hybridized carbons (Fsp3) is 0.400. The second-order valence-corrected chi connectivity index (χ2v) is 6.97. The molecular formula is C15H19Cl2FN4S. The molecule has 2 N–H and O–H groups in total. The lowest BCUT2D eigenvalue weighted by atomic mass is 10.2. The molecule has 0 spiro atoms. The summed E-state index contributed by atoms with van der Waals surface area (Å²) in [5.74, 6) is -0.227. The molecule has 0 saturated carbocycles. The normalized spacial score (nSPS) is 16.3. The van der Waals surface area contributed by atoms with Crippen molar-refractivity contribution in [2.45, 2.75) is 13.1 Å². The Hall–Kier alpha value is -0.920. The van der Waals surface area contributed by atoms with E-state index in [1.165, 1.54) is 22.3 Å². The zero-order chi connectivity index (χ0) is 15.5. The van der Waals surface area contributed by atoms with Gasteiger partial charge in [-0.3, -0.25) is 9.80 Å². The maximum absolute atomic E-state index is 13.8. The van der Waals surface area contributed by atoms with Crippen LogP contribution >= 0.6 is 35.3 Å². The van der Waals surface area contributed by atoms with E-state index in [4.69, 9.17) is 17.3 Å². The van der Waals surface area contributed by atoms with Gasteiger partial charge >= 0.3 is 0 Å². The monoisotopic (exact) mass is 376 g/mol. The average molecular weight is 377 g/mol. The second kappa shape index (κ2) is 8.26. The van der Waals surface area contributed by atoms with Crippen LogP contribution < -0.4 is 5.73 Å². The van der Waals surface area contributed by atoms with Crippen molar-refractivity contribution in [1.29, 1.82) is 0 Å². The molecule has 0 amide bonds. The Kier molecular flexibility index (Phi) is 6.61. The van der Waals surface area contributed by atoms with Crippen molar-refractivity contribution < 1.29 is 4.39 Å². The van der Waals surface area contributed by atoms with Crippen molar-refractivity contribution in [3.8, 4) is 0 Å². The van der Waals surface area contributed by atoms with Gasteiger partial charge in [0, 0.05) is 60.9 Å². The van der Waals surface area contributed by atoms with E-state index in [1.54, 1.807) is 12.1 Å². The van der Waals surface area contributed by atoms with Crippen LogP contribution in [0.2, 0.25) is 5.02 Å². The number of hydrogen-bond acceptors (Lipinski definition) is 5. The first-order valence-corrected chi connectivity index (χ1v) is 8.39. The first kappa shape index (κ1) is 18.4. The molecule has 4 nitrogen and oxygen atoms in total. The van der Waals surface area contributed by atoms with E-state index >= 15 is 0 Å². The molecule has 1 aliphatic rings. The van der Waals surface area contributed by atoms with Gasteiger partial charge in [-0.25, -0.2) is 9.37 Å². The van der Waals surface area contributed by atoms with Crippen LogP contribution in [0.1, 0.15) is 10.4 Å². The van der Waals surface area contributed by atoms with Crippen LogP contribution in [0, 0.1) is 5.82 Å². The Balaban J connectivity index is 0.00000192. The van der Waals surface area contributed by atoms with E-state index in [0.717, 1.165) is 32.7 Å². The summed E-state index contributed by atoms with van der Waals surface area (Å²) in [4.78, 5) is 9.86. The lowest BCUT2D eigenvalue weighted by molar-refractivity contribution is 0.122. The predicted octanol–water partition coefficient (Wildman–Crippen LogP) is 3.26. The number of nitrogens with zero attached hydrogens (tertiary/aromatic N) is 3. The minimum Gasteiger partial charge on any atom is -0.375 e. The van der Waals surface area contributed by atoms with Crippen LogP contribution in [0.3, 0.4) is 0 Å². The number of anilines is 1. The summed E-state index contributed by atoms with van der Waals surface area (Å²) in [6.07, 6.45) is 1.84. The number of rotatable bonds is 4. The van der Waals surface area contributed by atoms with Crippen molar-refractivity contribution in [3.63, 3.8) is 0 Å². The minimum absolute atomic E-state index is 0. The van der Waals surface area contributed by atoms with Crippen LogP contribution in [-0.4, -0.2) is 41.0 Å². The molecule has 1 aliphatic heterocycles. The summed E-state index contributed by atoms with van der Waals surface area (Å²) in [7, 11) is 0. The molecule has 0 aliphatic carbocycles. The molecule has 23 heavy (non-hydrogen) atoms. The molecule has 0 unspecified atom stereocenters. The molecule has 1 aromatic carbocycles.